The van der Waals surface area contributed by atoms with E-state index in [9.17, 15) is 19.2 Å². The lowest BCUT2D eigenvalue weighted by Crippen LogP contribution is -2.53. The predicted molar refractivity (Wildman–Crippen MR) is 133 cm³/mol. The third-order valence-corrected chi connectivity index (χ3v) is 7.08. The smallest absolute Gasteiger partial charge is 0.357 e. The van der Waals surface area contributed by atoms with E-state index >= 15 is 0 Å². The number of aromatic nitrogens is 1. The van der Waals surface area contributed by atoms with Crippen LogP contribution in [0.1, 0.15) is 27.7 Å². The third-order valence-electron chi connectivity index (χ3n) is 6.25. The van der Waals surface area contributed by atoms with Gasteiger partial charge in [-0.15, -0.1) is 11.3 Å². The summed E-state index contributed by atoms with van der Waals surface area (Å²) in [5, 5.41) is 4.47. The molecular weight excluding hydrogens is 482 g/mol. The second-order valence-corrected chi connectivity index (χ2v) is 9.44. The highest BCUT2D eigenvalue weighted by molar-refractivity contribution is 7.14. The minimum Gasteiger partial charge on any atom is -0.464 e. The molecule has 36 heavy (non-hydrogen) atoms. The van der Waals surface area contributed by atoms with Crippen molar-refractivity contribution in [1.29, 1.82) is 0 Å². The molecule has 5 rings (SSSR count). The van der Waals surface area contributed by atoms with Crippen LogP contribution in [0.3, 0.4) is 0 Å². The molecule has 0 spiro atoms. The molecule has 1 N–H and O–H groups in total. The van der Waals surface area contributed by atoms with E-state index in [-0.39, 0.29) is 17.2 Å². The minimum atomic E-state index is -1.07. The zero-order valence-electron chi connectivity index (χ0n) is 19.8. The number of benzene rings is 2. The molecule has 0 bridgehead atoms. The molecule has 4 amide bonds. The Hall–Kier alpha value is -4.25. The van der Waals surface area contributed by atoms with Gasteiger partial charge in [-0.3, -0.25) is 14.5 Å². The van der Waals surface area contributed by atoms with Crippen molar-refractivity contribution >= 4 is 51.7 Å². The number of fused-ring (bicyclic) bond motifs is 1. The average molecular weight is 506 g/mol. The Kier molecular flexibility index (Phi) is 5.92. The lowest BCUT2D eigenvalue weighted by molar-refractivity contribution is -0.134. The zero-order valence-corrected chi connectivity index (χ0v) is 20.6. The van der Waals surface area contributed by atoms with Gasteiger partial charge in [0, 0.05) is 31.6 Å². The monoisotopic (exact) mass is 505 g/mol. The van der Waals surface area contributed by atoms with E-state index in [1.807, 2.05) is 43.3 Å². The summed E-state index contributed by atoms with van der Waals surface area (Å²) >= 11 is 1.10. The molecule has 2 aliphatic rings. The number of hydrogen-bond donors (Lipinski definition) is 1. The fourth-order valence-electron chi connectivity index (χ4n) is 4.41. The van der Waals surface area contributed by atoms with Crippen LogP contribution in [-0.2, 0) is 20.7 Å². The minimum absolute atomic E-state index is 0.0705. The molecule has 184 valence electrons. The first kappa shape index (κ1) is 23.5. The van der Waals surface area contributed by atoms with E-state index in [1.165, 1.54) is 17.4 Å². The molecule has 3 aromatic rings. The number of urea groups is 1. The van der Waals surface area contributed by atoms with Gasteiger partial charge in [0.1, 0.15) is 12.1 Å². The molecule has 0 saturated carbocycles. The number of para-hydroxylation sites is 1. The number of imide groups is 1. The van der Waals surface area contributed by atoms with Crippen molar-refractivity contribution in [2.75, 3.05) is 31.0 Å². The summed E-state index contributed by atoms with van der Waals surface area (Å²) in [6.07, 6.45) is 0.173. The summed E-state index contributed by atoms with van der Waals surface area (Å²) in [5.74, 6) is -1.60. The second-order valence-electron chi connectivity index (χ2n) is 8.61. The first-order valence-corrected chi connectivity index (χ1v) is 12.0. The highest BCUT2D eigenvalue weighted by Gasteiger charge is 2.49. The van der Waals surface area contributed by atoms with Gasteiger partial charge in [0.05, 0.1) is 12.8 Å². The quantitative estimate of drug-likeness (QED) is 0.419. The predicted octanol–water partition coefficient (Wildman–Crippen LogP) is 2.88. The summed E-state index contributed by atoms with van der Waals surface area (Å²) in [4.78, 5) is 60.8. The van der Waals surface area contributed by atoms with Crippen LogP contribution in [0.15, 0.2) is 53.9 Å². The summed E-state index contributed by atoms with van der Waals surface area (Å²) < 4.78 is 4.73. The molecule has 1 fully saturated rings. The molecule has 0 aliphatic carbocycles. The zero-order chi connectivity index (χ0) is 25.6. The fraction of sp³-hybridized carbons (Fsp3) is 0.240. The summed E-state index contributed by atoms with van der Waals surface area (Å²) in [5.41, 5.74) is 3.02. The maximum atomic E-state index is 13.8. The molecule has 1 saturated heterocycles. The molecule has 2 atom stereocenters. The van der Waals surface area contributed by atoms with Crippen LogP contribution in [0.5, 0.6) is 0 Å². The second kappa shape index (κ2) is 9.08. The van der Waals surface area contributed by atoms with E-state index in [1.54, 1.807) is 24.3 Å². The Morgan fingerprint density at radius 2 is 1.81 bits per heavy atom. The highest BCUT2D eigenvalue weighted by Crippen LogP contribution is 2.38. The van der Waals surface area contributed by atoms with Gasteiger partial charge >= 0.3 is 12.0 Å². The van der Waals surface area contributed by atoms with Crippen LogP contribution in [0.2, 0.25) is 0 Å². The number of hydrogen-bond acceptors (Lipinski definition) is 8. The summed E-state index contributed by atoms with van der Waals surface area (Å²) in [6, 6.07) is 11.9. The molecule has 1 unspecified atom stereocenters. The summed E-state index contributed by atoms with van der Waals surface area (Å²) in [6.45, 7) is 0. The number of carbonyl (C=O) groups is 4. The Balaban J connectivity index is 1.48. The van der Waals surface area contributed by atoms with Crippen LogP contribution in [0, 0.1) is 0 Å². The van der Waals surface area contributed by atoms with Crippen molar-refractivity contribution in [1.82, 2.24) is 15.2 Å². The van der Waals surface area contributed by atoms with Crippen molar-refractivity contribution < 1.29 is 23.9 Å². The molecular formula is C25H23N5O5S. The Bertz CT molecular complexity index is 1370. The number of methoxy groups -OCH3 is 1. The van der Waals surface area contributed by atoms with Gasteiger partial charge in [-0.2, -0.15) is 0 Å². The van der Waals surface area contributed by atoms with Gasteiger partial charge in [-0.1, -0.05) is 30.3 Å². The third kappa shape index (κ3) is 3.87. The van der Waals surface area contributed by atoms with Gasteiger partial charge in [0.25, 0.3) is 11.8 Å². The van der Waals surface area contributed by atoms with Crippen molar-refractivity contribution in [3.05, 3.63) is 70.7 Å². The molecule has 10 nitrogen and oxygen atoms in total. The van der Waals surface area contributed by atoms with Gasteiger partial charge < -0.3 is 15.0 Å². The molecule has 11 heteroatoms. The van der Waals surface area contributed by atoms with Crippen LogP contribution >= 0.6 is 11.3 Å². The van der Waals surface area contributed by atoms with E-state index in [0.717, 1.165) is 27.5 Å². The Morgan fingerprint density at radius 3 is 2.50 bits per heavy atom. The van der Waals surface area contributed by atoms with Gasteiger partial charge in [-0.25, -0.2) is 19.5 Å². The van der Waals surface area contributed by atoms with Gasteiger partial charge in [-0.05, 0) is 29.3 Å². The fourth-order valence-corrected chi connectivity index (χ4v) is 5.22. The molecule has 3 heterocycles. The molecule has 2 aromatic carbocycles. The Labute approximate surface area is 211 Å². The van der Waals surface area contributed by atoms with Crippen molar-refractivity contribution in [2.24, 2.45) is 0 Å². The highest BCUT2D eigenvalue weighted by atomic mass is 32.1. The van der Waals surface area contributed by atoms with Crippen LogP contribution in [0.4, 0.5) is 21.3 Å². The number of amides is 4. The van der Waals surface area contributed by atoms with E-state index in [4.69, 9.17) is 4.74 Å². The normalized spacial score (nSPS) is 19.2. The first-order chi connectivity index (χ1) is 17.3. The lowest BCUT2D eigenvalue weighted by atomic mass is 9.96. The SMILES string of the molecule is COC(=O)c1csc(N2C(=O)[C@@H](N3C(=O)NC(c4ccc(N(C)C)cc4)C3=O)Cc3ccccc32)n1. The van der Waals surface area contributed by atoms with Gasteiger partial charge in [0.2, 0.25) is 0 Å². The first-order valence-electron chi connectivity index (χ1n) is 11.2. The Morgan fingerprint density at radius 1 is 1.08 bits per heavy atom. The van der Waals surface area contributed by atoms with E-state index in [2.05, 4.69) is 10.3 Å². The van der Waals surface area contributed by atoms with Gasteiger partial charge in [0.15, 0.2) is 10.8 Å². The number of anilines is 3. The number of rotatable bonds is 5. The number of nitrogens with one attached hydrogen (secondary N) is 1. The number of ether oxygens (including phenoxy) is 1. The average Bonchev–Trinajstić information content (AvgIpc) is 3.48. The number of nitrogens with zero attached hydrogens (tertiary/aromatic N) is 4. The van der Waals surface area contributed by atoms with Crippen molar-refractivity contribution in [2.45, 2.75) is 18.5 Å². The largest absolute Gasteiger partial charge is 0.464 e. The summed E-state index contributed by atoms with van der Waals surface area (Å²) in [7, 11) is 5.07. The number of thiazole rings is 1. The topological polar surface area (TPSA) is 112 Å². The maximum Gasteiger partial charge on any atom is 0.357 e. The standard InChI is InChI=1S/C25H23N5O5S/c1-28(2)16-10-8-14(9-11-16)20-22(32)29(24(34)27-20)19-12-15-6-4-5-7-18(15)30(21(19)31)25-26-17(13-36-25)23(33)35-3/h4-11,13,19-20H,12H2,1-3H3,(H,27,34)/t19-,20?/m0/s1. The van der Waals surface area contributed by atoms with Crippen molar-refractivity contribution in [3.8, 4) is 0 Å². The van der Waals surface area contributed by atoms with Crippen LogP contribution < -0.4 is 15.1 Å². The van der Waals surface area contributed by atoms with Crippen molar-refractivity contribution in [3.63, 3.8) is 0 Å². The molecule has 2 aliphatic heterocycles. The molecule has 0 radical (unpaired) electrons. The van der Waals surface area contributed by atoms with E-state index in [0.29, 0.717) is 11.3 Å². The maximum absolute atomic E-state index is 13.8. The number of carbonyl (C=O) groups excluding carboxylic acids is 4. The van der Waals surface area contributed by atoms with E-state index < -0.39 is 35.9 Å². The number of esters is 1. The lowest BCUT2D eigenvalue weighted by Gasteiger charge is -2.35. The van der Waals surface area contributed by atoms with Crippen LogP contribution in [-0.4, -0.2) is 60.9 Å². The van der Waals surface area contributed by atoms with Crippen LogP contribution in [0.25, 0.3) is 0 Å². The molecule has 1 aromatic heterocycles.